The van der Waals surface area contributed by atoms with Gasteiger partial charge in [-0.25, -0.2) is 0 Å². The lowest BCUT2D eigenvalue weighted by Crippen LogP contribution is -2.50. The second-order valence-electron chi connectivity index (χ2n) is 5.54. The first kappa shape index (κ1) is 12.1. The summed E-state index contributed by atoms with van der Waals surface area (Å²) in [7, 11) is 2.23. The van der Waals surface area contributed by atoms with E-state index in [0.29, 0.717) is 6.04 Å². The van der Waals surface area contributed by atoms with Gasteiger partial charge >= 0.3 is 0 Å². The largest absolute Gasteiger partial charge is 0.312 e. The van der Waals surface area contributed by atoms with E-state index in [1.54, 1.807) is 0 Å². The molecule has 0 aliphatic heterocycles. The Labute approximate surface area is 100 Å². The van der Waals surface area contributed by atoms with Gasteiger partial charge in [-0.2, -0.15) is 0 Å². The van der Waals surface area contributed by atoms with Crippen LogP contribution in [0.3, 0.4) is 0 Å². The number of rotatable bonds is 6. The summed E-state index contributed by atoms with van der Waals surface area (Å²) in [6.45, 7) is 6.88. The second-order valence-corrected chi connectivity index (χ2v) is 5.54. The van der Waals surface area contributed by atoms with Crippen LogP contribution < -0.4 is 5.32 Å². The minimum Gasteiger partial charge on any atom is -0.312 e. The highest BCUT2D eigenvalue weighted by atomic mass is 15.1. The Morgan fingerprint density at radius 1 is 1.50 bits per heavy atom. The van der Waals surface area contributed by atoms with Crippen LogP contribution in [0.5, 0.6) is 0 Å². The highest BCUT2D eigenvalue weighted by molar-refractivity contribution is 5.12. The van der Waals surface area contributed by atoms with Crippen LogP contribution >= 0.6 is 0 Å². The van der Waals surface area contributed by atoms with E-state index in [9.17, 15) is 0 Å². The molecule has 0 saturated heterocycles. The molecule has 16 heavy (non-hydrogen) atoms. The Bertz CT molecular complexity index is 249. The Hall–Kier alpha value is -0.340. The normalized spacial score (nSPS) is 33.9. The van der Waals surface area contributed by atoms with Crippen LogP contribution in [0.4, 0.5) is 0 Å². The molecule has 0 heterocycles. The summed E-state index contributed by atoms with van der Waals surface area (Å²) in [4.78, 5) is 2.45. The van der Waals surface area contributed by atoms with Gasteiger partial charge in [0.2, 0.25) is 0 Å². The third-order valence-corrected chi connectivity index (χ3v) is 4.58. The lowest BCUT2D eigenvalue weighted by Gasteiger charge is -2.41. The van der Waals surface area contributed by atoms with Gasteiger partial charge in [-0.3, -0.25) is 0 Å². The molecular formula is C14H26N2. The number of hydrogen-bond acceptors (Lipinski definition) is 2. The minimum absolute atomic E-state index is 0.710. The molecule has 2 nitrogen and oxygen atoms in total. The number of nitrogens with zero attached hydrogens (tertiary/aromatic N) is 1. The van der Waals surface area contributed by atoms with Crippen molar-refractivity contribution in [2.45, 2.75) is 45.2 Å². The highest BCUT2D eigenvalue weighted by Gasteiger charge is 2.40. The molecule has 1 fully saturated rings. The van der Waals surface area contributed by atoms with Crippen molar-refractivity contribution in [3.05, 3.63) is 12.2 Å². The second kappa shape index (κ2) is 5.33. The minimum atomic E-state index is 0.710. The zero-order chi connectivity index (χ0) is 11.5. The van der Waals surface area contributed by atoms with E-state index in [2.05, 4.69) is 43.3 Å². The van der Waals surface area contributed by atoms with E-state index in [1.807, 2.05) is 0 Å². The summed E-state index contributed by atoms with van der Waals surface area (Å²) in [5, 5.41) is 3.71. The topological polar surface area (TPSA) is 15.3 Å². The molecule has 1 saturated carbocycles. The van der Waals surface area contributed by atoms with Gasteiger partial charge in [-0.15, -0.1) is 0 Å². The molecule has 2 heteroatoms. The van der Waals surface area contributed by atoms with E-state index >= 15 is 0 Å². The lowest BCUT2D eigenvalue weighted by atomic mass is 9.71. The summed E-state index contributed by atoms with van der Waals surface area (Å²) in [6, 6.07) is 1.48. The fraction of sp³-hybridized carbons (Fsp3) is 0.857. The van der Waals surface area contributed by atoms with Crippen LogP contribution in [0.2, 0.25) is 0 Å². The number of hydrogen-bond donors (Lipinski definition) is 1. The summed E-state index contributed by atoms with van der Waals surface area (Å²) in [5.74, 6) is 1.83. The molecule has 0 radical (unpaired) electrons. The van der Waals surface area contributed by atoms with Crippen LogP contribution in [-0.2, 0) is 0 Å². The van der Waals surface area contributed by atoms with Crippen molar-refractivity contribution in [2.75, 3.05) is 20.1 Å². The molecule has 4 atom stereocenters. The average molecular weight is 222 g/mol. The van der Waals surface area contributed by atoms with Gasteiger partial charge in [0.1, 0.15) is 0 Å². The van der Waals surface area contributed by atoms with Crippen molar-refractivity contribution in [1.29, 1.82) is 0 Å². The predicted octanol–water partition coefficient (Wildman–Crippen LogP) is 2.27. The first-order valence-corrected chi connectivity index (χ1v) is 6.82. The van der Waals surface area contributed by atoms with Crippen molar-refractivity contribution in [3.8, 4) is 0 Å². The molecule has 0 amide bonds. The van der Waals surface area contributed by atoms with Crippen molar-refractivity contribution in [1.82, 2.24) is 10.2 Å². The SMILES string of the molecule is CCC(C)N(C)CCNC1CC2CC=CC21. The van der Waals surface area contributed by atoms with Gasteiger partial charge in [-0.05, 0) is 45.1 Å². The Balaban J connectivity index is 1.60. The summed E-state index contributed by atoms with van der Waals surface area (Å²) in [5.41, 5.74) is 0. The van der Waals surface area contributed by atoms with Gasteiger partial charge in [0, 0.05) is 25.2 Å². The van der Waals surface area contributed by atoms with E-state index in [1.165, 1.54) is 25.8 Å². The monoisotopic (exact) mass is 222 g/mol. The number of likely N-dealkylation sites (N-methyl/N-ethyl adjacent to an activating group) is 1. The summed E-state index contributed by atoms with van der Waals surface area (Å²) in [6.07, 6.45) is 8.75. The van der Waals surface area contributed by atoms with E-state index in [-0.39, 0.29) is 0 Å². The van der Waals surface area contributed by atoms with Gasteiger partial charge in [0.05, 0.1) is 0 Å². The quantitative estimate of drug-likeness (QED) is 0.694. The fourth-order valence-electron chi connectivity index (χ4n) is 2.91. The first-order chi connectivity index (χ1) is 7.72. The van der Waals surface area contributed by atoms with Crippen LogP contribution in [0.25, 0.3) is 0 Å². The van der Waals surface area contributed by atoms with E-state index in [0.717, 1.165) is 24.4 Å². The van der Waals surface area contributed by atoms with Crippen LogP contribution in [0.1, 0.15) is 33.1 Å². The summed E-state index contributed by atoms with van der Waals surface area (Å²) < 4.78 is 0. The Kier molecular flexibility index (Phi) is 4.04. The van der Waals surface area contributed by atoms with Gasteiger partial charge in [0.15, 0.2) is 0 Å². The van der Waals surface area contributed by atoms with Crippen molar-refractivity contribution >= 4 is 0 Å². The molecule has 0 bridgehead atoms. The number of fused-ring (bicyclic) bond motifs is 1. The smallest absolute Gasteiger partial charge is 0.0136 e. The maximum atomic E-state index is 3.71. The standard InChI is InChI=1S/C14H26N2/c1-4-11(2)16(3)9-8-15-14-10-12-6-5-7-13(12)14/h5,7,11-15H,4,6,8-10H2,1-3H3. The van der Waals surface area contributed by atoms with Crippen LogP contribution in [0, 0.1) is 11.8 Å². The first-order valence-electron chi connectivity index (χ1n) is 6.82. The predicted molar refractivity (Wildman–Crippen MR) is 69.5 cm³/mol. The zero-order valence-corrected chi connectivity index (χ0v) is 10.9. The maximum absolute atomic E-state index is 3.71. The Morgan fingerprint density at radius 2 is 2.31 bits per heavy atom. The van der Waals surface area contributed by atoms with E-state index in [4.69, 9.17) is 0 Å². The van der Waals surface area contributed by atoms with Crippen LogP contribution in [-0.4, -0.2) is 37.1 Å². The van der Waals surface area contributed by atoms with Crippen molar-refractivity contribution in [2.24, 2.45) is 11.8 Å². The zero-order valence-electron chi connectivity index (χ0n) is 10.9. The van der Waals surface area contributed by atoms with Gasteiger partial charge < -0.3 is 10.2 Å². The Morgan fingerprint density at radius 3 is 3.00 bits per heavy atom. The molecule has 0 aromatic carbocycles. The van der Waals surface area contributed by atoms with Crippen LogP contribution in [0.15, 0.2) is 12.2 Å². The molecule has 92 valence electrons. The fourth-order valence-corrected chi connectivity index (χ4v) is 2.91. The number of allylic oxidation sites excluding steroid dienone is 1. The molecule has 1 N–H and O–H groups in total. The molecule has 2 aliphatic carbocycles. The van der Waals surface area contributed by atoms with Gasteiger partial charge in [0.25, 0.3) is 0 Å². The molecule has 2 rings (SSSR count). The molecule has 0 aromatic heterocycles. The number of nitrogens with one attached hydrogen (secondary N) is 1. The van der Waals surface area contributed by atoms with Gasteiger partial charge in [-0.1, -0.05) is 19.1 Å². The molecule has 0 aromatic rings. The molecule has 2 aliphatic rings. The maximum Gasteiger partial charge on any atom is 0.0136 e. The van der Waals surface area contributed by atoms with E-state index < -0.39 is 0 Å². The van der Waals surface area contributed by atoms with Crippen molar-refractivity contribution in [3.63, 3.8) is 0 Å². The molecule has 0 spiro atoms. The average Bonchev–Trinajstić information content (AvgIpc) is 2.64. The van der Waals surface area contributed by atoms with Crippen molar-refractivity contribution < 1.29 is 0 Å². The molecular weight excluding hydrogens is 196 g/mol. The molecule has 4 unspecified atom stereocenters. The third-order valence-electron chi connectivity index (χ3n) is 4.58. The summed E-state index contributed by atoms with van der Waals surface area (Å²) >= 11 is 0. The highest BCUT2D eigenvalue weighted by Crippen LogP contribution is 2.42. The lowest BCUT2D eigenvalue weighted by molar-refractivity contribution is 0.155. The third kappa shape index (κ3) is 2.49.